The SMILES string of the molecule is CCOC(=O)C[C@]1(O)C[C@@H](C)Sc2ccc(F)cc21. The third kappa shape index (κ3) is 3.09. The molecular formula is C14H17FO3S. The molecule has 0 aliphatic carbocycles. The van der Waals surface area contributed by atoms with E-state index in [1.165, 1.54) is 12.1 Å². The van der Waals surface area contributed by atoms with Crippen LogP contribution in [0.25, 0.3) is 0 Å². The van der Waals surface area contributed by atoms with Crippen LogP contribution in [-0.4, -0.2) is 22.9 Å². The first-order chi connectivity index (χ1) is 8.94. The summed E-state index contributed by atoms with van der Waals surface area (Å²) < 4.78 is 18.3. The van der Waals surface area contributed by atoms with Gasteiger partial charge in [-0.1, -0.05) is 6.92 Å². The first kappa shape index (κ1) is 14.3. The van der Waals surface area contributed by atoms with Crippen LogP contribution in [0.3, 0.4) is 0 Å². The Morgan fingerprint density at radius 1 is 1.63 bits per heavy atom. The summed E-state index contributed by atoms with van der Waals surface area (Å²) >= 11 is 1.58. The van der Waals surface area contributed by atoms with Crippen LogP contribution in [0.1, 0.15) is 32.3 Å². The minimum absolute atomic E-state index is 0.137. The molecule has 0 amide bonds. The molecule has 0 radical (unpaired) electrons. The second-order valence-corrected chi connectivity index (χ2v) is 6.27. The van der Waals surface area contributed by atoms with E-state index in [2.05, 4.69) is 0 Å². The molecule has 0 saturated heterocycles. The fourth-order valence-corrected chi connectivity index (χ4v) is 3.75. The minimum atomic E-state index is -1.34. The van der Waals surface area contributed by atoms with Crippen LogP contribution in [0.15, 0.2) is 23.1 Å². The molecule has 3 nitrogen and oxygen atoms in total. The average Bonchev–Trinajstić information content (AvgIpc) is 2.30. The van der Waals surface area contributed by atoms with Gasteiger partial charge < -0.3 is 9.84 Å². The molecule has 0 aromatic heterocycles. The van der Waals surface area contributed by atoms with Gasteiger partial charge in [-0.05, 0) is 31.5 Å². The Kier molecular flexibility index (Phi) is 4.16. The quantitative estimate of drug-likeness (QED) is 0.867. The summed E-state index contributed by atoms with van der Waals surface area (Å²) in [5.41, 5.74) is -0.849. The highest BCUT2D eigenvalue weighted by Gasteiger charge is 2.40. The van der Waals surface area contributed by atoms with Crippen LogP contribution in [0.4, 0.5) is 4.39 Å². The van der Waals surface area contributed by atoms with Gasteiger partial charge in [0.25, 0.3) is 0 Å². The Morgan fingerprint density at radius 3 is 3.05 bits per heavy atom. The lowest BCUT2D eigenvalue weighted by molar-refractivity contribution is -0.149. The van der Waals surface area contributed by atoms with Crippen molar-refractivity contribution in [1.82, 2.24) is 0 Å². The zero-order valence-electron chi connectivity index (χ0n) is 11.0. The molecule has 0 bridgehead atoms. The van der Waals surface area contributed by atoms with Gasteiger partial charge in [-0.15, -0.1) is 11.8 Å². The minimum Gasteiger partial charge on any atom is -0.466 e. The van der Waals surface area contributed by atoms with Gasteiger partial charge in [-0.3, -0.25) is 4.79 Å². The maximum absolute atomic E-state index is 13.4. The number of ether oxygens (including phenoxy) is 1. The standard InChI is InChI=1S/C14H17FO3S/c1-3-18-13(16)8-14(17)7-9(2)19-12-5-4-10(15)6-11(12)14/h4-6,9,17H,3,7-8H2,1-2H3/t9-,14-/m1/s1. The van der Waals surface area contributed by atoms with E-state index in [1.807, 2.05) is 6.92 Å². The highest BCUT2D eigenvalue weighted by Crippen LogP contribution is 2.46. The van der Waals surface area contributed by atoms with E-state index in [-0.39, 0.29) is 18.3 Å². The fraction of sp³-hybridized carbons (Fsp3) is 0.500. The lowest BCUT2D eigenvalue weighted by Gasteiger charge is -2.36. The first-order valence-electron chi connectivity index (χ1n) is 6.29. The molecule has 1 aliphatic rings. The molecule has 0 unspecified atom stereocenters. The van der Waals surface area contributed by atoms with Crippen LogP contribution in [0.2, 0.25) is 0 Å². The number of carbonyl (C=O) groups excluding carboxylic acids is 1. The molecule has 1 N–H and O–H groups in total. The summed E-state index contributed by atoms with van der Waals surface area (Å²) in [6, 6.07) is 4.34. The normalized spacial score (nSPS) is 25.8. The summed E-state index contributed by atoms with van der Waals surface area (Å²) in [6.07, 6.45) is 0.273. The van der Waals surface area contributed by atoms with E-state index < -0.39 is 17.4 Å². The summed E-state index contributed by atoms with van der Waals surface area (Å²) in [6.45, 7) is 3.97. The Hall–Kier alpha value is -1.07. The Morgan fingerprint density at radius 2 is 2.37 bits per heavy atom. The van der Waals surface area contributed by atoms with E-state index in [1.54, 1.807) is 24.8 Å². The Labute approximate surface area is 116 Å². The van der Waals surface area contributed by atoms with E-state index >= 15 is 0 Å². The van der Waals surface area contributed by atoms with Gasteiger partial charge >= 0.3 is 5.97 Å². The molecular weight excluding hydrogens is 267 g/mol. The second-order valence-electron chi connectivity index (χ2n) is 4.79. The monoisotopic (exact) mass is 284 g/mol. The largest absolute Gasteiger partial charge is 0.466 e. The number of carbonyl (C=O) groups is 1. The van der Waals surface area contributed by atoms with Crippen molar-refractivity contribution in [3.63, 3.8) is 0 Å². The highest BCUT2D eigenvalue weighted by atomic mass is 32.2. The molecule has 104 valence electrons. The lowest BCUT2D eigenvalue weighted by Crippen LogP contribution is -2.36. The van der Waals surface area contributed by atoms with Crippen molar-refractivity contribution < 1.29 is 19.0 Å². The van der Waals surface area contributed by atoms with Gasteiger partial charge in [-0.25, -0.2) is 4.39 Å². The van der Waals surface area contributed by atoms with Crippen LogP contribution >= 0.6 is 11.8 Å². The van der Waals surface area contributed by atoms with Crippen molar-refractivity contribution in [2.75, 3.05) is 6.61 Å². The van der Waals surface area contributed by atoms with Crippen molar-refractivity contribution in [3.8, 4) is 0 Å². The van der Waals surface area contributed by atoms with Crippen molar-refractivity contribution in [1.29, 1.82) is 0 Å². The number of esters is 1. The zero-order chi connectivity index (χ0) is 14.0. The molecule has 2 rings (SSSR count). The molecule has 1 aromatic carbocycles. The third-order valence-electron chi connectivity index (χ3n) is 3.14. The van der Waals surface area contributed by atoms with E-state index in [0.717, 1.165) is 4.90 Å². The van der Waals surface area contributed by atoms with Gasteiger partial charge in [0.2, 0.25) is 0 Å². The number of aliphatic hydroxyl groups is 1. The molecule has 19 heavy (non-hydrogen) atoms. The second kappa shape index (κ2) is 5.51. The first-order valence-corrected chi connectivity index (χ1v) is 7.17. The summed E-state index contributed by atoms with van der Waals surface area (Å²) in [7, 11) is 0. The van der Waals surface area contributed by atoms with Gasteiger partial charge in [0, 0.05) is 15.7 Å². The zero-order valence-corrected chi connectivity index (χ0v) is 11.8. The van der Waals surface area contributed by atoms with Gasteiger partial charge in [0.1, 0.15) is 11.4 Å². The van der Waals surface area contributed by atoms with E-state index in [4.69, 9.17) is 4.74 Å². The van der Waals surface area contributed by atoms with Crippen LogP contribution in [0.5, 0.6) is 0 Å². The molecule has 2 atom stereocenters. The smallest absolute Gasteiger partial charge is 0.309 e. The molecule has 1 heterocycles. The maximum Gasteiger partial charge on any atom is 0.309 e. The molecule has 1 aliphatic heterocycles. The number of hydrogen-bond acceptors (Lipinski definition) is 4. The number of halogens is 1. The molecule has 0 spiro atoms. The number of benzene rings is 1. The number of fused-ring (bicyclic) bond motifs is 1. The topological polar surface area (TPSA) is 46.5 Å². The summed E-state index contributed by atoms with van der Waals surface area (Å²) in [5, 5.41) is 10.9. The molecule has 0 fully saturated rings. The van der Waals surface area contributed by atoms with Crippen molar-refractivity contribution >= 4 is 17.7 Å². The fourth-order valence-electron chi connectivity index (χ4n) is 2.43. The van der Waals surface area contributed by atoms with Crippen molar-refractivity contribution in [2.24, 2.45) is 0 Å². The maximum atomic E-state index is 13.4. The van der Waals surface area contributed by atoms with Gasteiger partial charge in [0.05, 0.1) is 13.0 Å². The van der Waals surface area contributed by atoms with Crippen LogP contribution in [0, 0.1) is 5.82 Å². The predicted octanol–water partition coefficient (Wildman–Crippen LogP) is 2.85. The van der Waals surface area contributed by atoms with Crippen molar-refractivity contribution in [3.05, 3.63) is 29.6 Å². The van der Waals surface area contributed by atoms with Crippen molar-refractivity contribution in [2.45, 2.75) is 42.4 Å². The molecule has 5 heteroatoms. The number of hydrogen-bond donors (Lipinski definition) is 1. The van der Waals surface area contributed by atoms with Gasteiger partial charge in [-0.2, -0.15) is 0 Å². The Bertz CT molecular complexity index is 492. The van der Waals surface area contributed by atoms with Crippen LogP contribution < -0.4 is 0 Å². The lowest BCUT2D eigenvalue weighted by atomic mass is 9.85. The summed E-state index contributed by atoms with van der Waals surface area (Å²) in [4.78, 5) is 12.5. The average molecular weight is 284 g/mol. The molecule has 0 saturated carbocycles. The predicted molar refractivity (Wildman–Crippen MR) is 71.5 cm³/mol. The third-order valence-corrected chi connectivity index (χ3v) is 4.32. The summed E-state index contributed by atoms with van der Waals surface area (Å²) in [5.74, 6) is -0.865. The van der Waals surface area contributed by atoms with E-state index in [0.29, 0.717) is 12.0 Å². The molecule has 1 aromatic rings. The van der Waals surface area contributed by atoms with E-state index in [9.17, 15) is 14.3 Å². The van der Waals surface area contributed by atoms with Gasteiger partial charge in [0.15, 0.2) is 0 Å². The van der Waals surface area contributed by atoms with Crippen LogP contribution in [-0.2, 0) is 15.1 Å². The Balaban J connectivity index is 2.35. The number of thioether (sulfide) groups is 1. The number of rotatable bonds is 3. The highest BCUT2D eigenvalue weighted by molar-refractivity contribution is 8.00.